The second-order valence-corrected chi connectivity index (χ2v) is 2.60. The number of carboxylic acids is 1. The summed E-state index contributed by atoms with van der Waals surface area (Å²) >= 11 is 0. The highest BCUT2D eigenvalue weighted by Gasteiger charge is 2.18. The standard InChI is InChI=1S/C10H10O5/c1-2-14-10(13)8(9(11)12)6-7-4-3-5-15-7/h3-6H,2H2,1H3,(H,11,12). The first-order valence-corrected chi connectivity index (χ1v) is 4.30. The SMILES string of the molecule is CCOC(=O)C(=Cc1ccco1)C(=O)O. The Kier molecular flexibility index (Phi) is 3.68. The lowest BCUT2D eigenvalue weighted by molar-refractivity contribution is -0.143. The van der Waals surface area contributed by atoms with Crippen molar-refractivity contribution in [2.45, 2.75) is 6.92 Å². The molecule has 0 atom stereocenters. The van der Waals surface area contributed by atoms with Crippen molar-refractivity contribution in [1.82, 2.24) is 0 Å². The van der Waals surface area contributed by atoms with Crippen LogP contribution in [0.25, 0.3) is 6.08 Å². The molecular formula is C10H10O5. The van der Waals surface area contributed by atoms with Crippen LogP contribution in [0.2, 0.25) is 0 Å². The van der Waals surface area contributed by atoms with Gasteiger partial charge in [0, 0.05) is 6.08 Å². The fourth-order valence-corrected chi connectivity index (χ4v) is 0.932. The third-order valence-electron chi connectivity index (χ3n) is 1.56. The van der Waals surface area contributed by atoms with Crippen molar-refractivity contribution in [1.29, 1.82) is 0 Å². The number of furan rings is 1. The van der Waals surface area contributed by atoms with Gasteiger partial charge in [0.25, 0.3) is 0 Å². The zero-order valence-electron chi connectivity index (χ0n) is 8.10. The molecule has 1 rings (SSSR count). The van der Waals surface area contributed by atoms with Gasteiger partial charge in [0.05, 0.1) is 12.9 Å². The monoisotopic (exact) mass is 210 g/mol. The van der Waals surface area contributed by atoms with E-state index in [-0.39, 0.29) is 6.61 Å². The first kappa shape index (κ1) is 11.0. The Balaban J connectivity index is 2.92. The van der Waals surface area contributed by atoms with Gasteiger partial charge in [0.1, 0.15) is 11.3 Å². The minimum Gasteiger partial charge on any atom is -0.477 e. The summed E-state index contributed by atoms with van der Waals surface area (Å²) < 4.78 is 9.48. The van der Waals surface area contributed by atoms with Crippen molar-refractivity contribution in [2.75, 3.05) is 6.61 Å². The van der Waals surface area contributed by atoms with E-state index in [0.29, 0.717) is 5.76 Å². The molecule has 0 aliphatic carbocycles. The highest BCUT2D eigenvalue weighted by Crippen LogP contribution is 2.09. The summed E-state index contributed by atoms with van der Waals surface area (Å²) in [4.78, 5) is 21.9. The van der Waals surface area contributed by atoms with Crippen LogP contribution in [0.5, 0.6) is 0 Å². The molecule has 0 amide bonds. The number of hydrogen-bond acceptors (Lipinski definition) is 4. The van der Waals surface area contributed by atoms with Crippen LogP contribution in [0.4, 0.5) is 0 Å². The predicted molar refractivity (Wildman–Crippen MR) is 51.0 cm³/mol. The summed E-state index contributed by atoms with van der Waals surface area (Å²) in [7, 11) is 0. The summed E-state index contributed by atoms with van der Waals surface area (Å²) in [5.41, 5.74) is -0.452. The van der Waals surface area contributed by atoms with E-state index in [0.717, 1.165) is 6.08 Å². The molecular weight excluding hydrogens is 200 g/mol. The summed E-state index contributed by atoms with van der Waals surface area (Å²) in [6, 6.07) is 3.14. The van der Waals surface area contributed by atoms with Crippen LogP contribution in [-0.4, -0.2) is 23.7 Å². The molecule has 0 spiro atoms. The van der Waals surface area contributed by atoms with Crippen molar-refractivity contribution in [2.24, 2.45) is 0 Å². The molecule has 0 saturated carbocycles. The lowest BCUT2D eigenvalue weighted by atomic mass is 10.2. The van der Waals surface area contributed by atoms with E-state index >= 15 is 0 Å². The van der Waals surface area contributed by atoms with Crippen LogP contribution >= 0.6 is 0 Å². The molecule has 1 aromatic rings. The Bertz CT molecular complexity index is 375. The summed E-state index contributed by atoms with van der Waals surface area (Å²) in [6.45, 7) is 1.73. The second-order valence-electron chi connectivity index (χ2n) is 2.60. The molecule has 0 aliphatic rings. The van der Waals surface area contributed by atoms with E-state index in [1.165, 1.54) is 6.26 Å². The van der Waals surface area contributed by atoms with E-state index in [9.17, 15) is 9.59 Å². The van der Waals surface area contributed by atoms with Gasteiger partial charge in [-0.1, -0.05) is 0 Å². The quantitative estimate of drug-likeness (QED) is 0.351. The van der Waals surface area contributed by atoms with Gasteiger partial charge >= 0.3 is 11.9 Å². The average Bonchev–Trinajstić information content (AvgIpc) is 2.66. The van der Waals surface area contributed by atoms with E-state index in [2.05, 4.69) is 4.74 Å². The van der Waals surface area contributed by atoms with E-state index < -0.39 is 17.5 Å². The Labute approximate surface area is 86.0 Å². The average molecular weight is 210 g/mol. The van der Waals surface area contributed by atoms with Gasteiger partial charge < -0.3 is 14.3 Å². The molecule has 0 bridgehead atoms. The number of rotatable bonds is 4. The molecule has 0 unspecified atom stereocenters. The first-order valence-electron chi connectivity index (χ1n) is 4.30. The fraction of sp³-hybridized carbons (Fsp3) is 0.200. The molecule has 80 valence electrons. The van der Waals surface area contributed by atoms with Crippen molar-refractivity contribution < 1.29 is 23.8 Å². The Hall–Kier alpha value is -2.04. The number of carboxylic acid groups (broad SMARTS) is 1. The molecule has 0 aromatic carbocycles. The third kappa shape index (κ3) is 2.98. The normalized spacial score (nSPS) is 11.1. The van der Waals surface area contributed by atoms with Crippen LogP contribution in [0.1, 0.15) is 12.7 Å². The first-order chi connectivity index (χ1) is 7.15. The maximum absolute atomic E-state index is 11.2. The molecule has 0 radical (unpaired) electrons. The Morgan fingerprint density at radius 2 is 2.33 bits per heavy atom. The van der Waals surface area contributed by atoms with Gasteiger partial charge in [-0.25, -0.2) is 9.59 Å². The summed E-state index contributed by atoms with van der Waals surface area (Å²) in [5, 5.41) is 8.76. The molecule has 15 heavy (non-hydrogen) atoms. The molecule has 1 heterocycles. The largest absolute Gasteiger partial charge is 0.477 e. The van der Waals surface area contributed by atoms with Crippen LogP contribution < -0.4 is 0 Å². The lowest BCUT2D eigenvalue weighted by Crippen LogP contribution is -2.15. The molecule has 1 N–H and O–H groups in total. The zero-order chi connectivity index (χ0) is 11.3. The van der Waals surface area contributed by atoms with E-state index in [1.807, 2.05) is 0 Å². The van der Waals surface area contributed by atoms with Crippen LogP contribution in [-0.2, 0) is 14.3 Å². The smallest absolute Gasteiger partial charge is 0.345 e. The summed E-state index contributed by atoms with van der Waals surface area (Å²) in [5.74, 6) is -1.92. The Morgan fingerprint density at radius 3 is 2.80 bits per heavy atom. The minimum atomic E-state index is -1.34. The maximum atomic E-state index is 11.2. The molecule has 0 aliphatic heterocycles. The van der Waals surface area contributed by atoms with Crippen molar-refractivity contribution >= 4 is 18.0 Å². The van der Waals surface area contributed by atoms with Crippen molar-refractivity contribution in [3.8, 4) is 0 Å². The van der Waals surface area contributed by atoms with Gasteiger partial charge in [-0.15, -0.1) is 0 Å². The lowest BCUT2D eigenvalue weighted by Gasteiger charge is -2.00. The summed E-state index contributed by atoms with van der Waals surface area (Å²) in [6.07, 6.45) is 2.51. The maximum Gasteiger partial charge on any atom is 0.345 e. The number of carbonyl (C=O) groups is 2. The molecule has 5 nitrogen and oxygen atoms in total. The Morgan fingerprint density at radius 1 is 1.60 bits per heavy atom. The van der Waals surface area contributed by atoms with Gasteiger partial charge in [0.15, 0.2) is 0 Å². The number of ether oxygens (including phenoxy) is 1. The molecule has 0 saturated heterocycles. The second kappa shape index (κ2) is 4.99. The number of hydrogen-bond donors (Lipinski definition) is 1. The van der Waals surface area contributed by atoms with E-state index in [1.54, 1.807) is 19.1 Å². The third-order valence-corrected chi connectivity index (χ3v) is 1.56. The number of aliphatic carboxylic acids is 1. The van der Waals surface area contributed by atoms with Crippen LogP contribution in [0.3, 0.4) is 0 Å². The molecule has 0 fully saturated rings. The van der Waals surface area contributed by atoms with E-state index in [4.69, 9.17) is 9.52 Å². The molecule has 1 aromatic heterocycles. The van der Waals surface area contributed by atoms with Crippen molar-refractivity contribution in [3.05, 3.63) is 29.7 Å². The fourth-order valence-electron chi connectivity index (χ4n) is 0.932. The molecule has 5 heteroatoms. The minimum absolute atomic E-state index is 0.127. The van der Waals surface area contributed by atoms with Gasteiger partial charge in [-0.3, -0.25) is 0 Å². The van der Waals surface area contributed by atoms with Gasteiger partial charge in [-0.05, 0) is 19.1 Å². The van der Waals surface area contributed by atoms with Crippen LogP contribution in [0.15, 0.2) is 28.4 Å². The van der Waals surface area contributed by atoms with Gasteiger partial charge in [-0.2, -0.15) is 0 Å². The predicted octanol–water partition coefficient (Wildman–Crippen LogP) is 1.31. The highest BCUT2D eigenvalue weighted by atomic mass is 16.5. The number of carbonyl (C=O) groups excluding carboxylic acids is 1. The van der Waals surface area contributed by atoms with Crippen molar-refractivity contribution in [3.63, 3.8) is 0 Å². The van der Waals surface area contributed by atoms with Crippen LogP contribution in [0, 0.1) is 0 Å². The highest BCUT2D eigenvalue weighted by molar-refractivity contribution is 6.16. The van der Waals surface area contributed by atoms with Gasteiger partial charge in [0.2, 0.25) is 0 Å². The topological polar surface area (TPSA) is 76.7 Å². The number of esters is 1. The zero-order valence-corrected chi connectivity index (χ0v) is 8.10.